The lowest BCUT2D eigenvalue weighted by molar-refractivity contribution is -0.119. The Morgan fingerprint density at radius 1 is 1.07 bits per heavy atom. The Morgan fingerprint density at radius 2 is 1.80 bits per heavy atom. The van der Waals surface area contributed by atoms with Gasteiger partial charge >= 0.3 is 0 Å². The zero-order valence-electron chi connectivity index (χ0n) is 17.8. The molecular formula is C23H30ClN3O2S. The second kappa shape index (κ2) is 11.9. The number of para-hydroxylation sites is 1. The van der Waals surface area contributed by atoms with Crippen molar-refractivity contribution in [3.8, 4) is 5.75 Å². The van der Waals surface area contributed by atoms with E-state index in [1.165, 1.54) is 5.56 Å². The molecule has 0 saturated heterocycles. The van der Waals surface area contributed by atoms with E-state index in [1.807, 2.05) is 41.3 Å². The summed E-state index contributed by atoms with van der Waals surface area (Å²) in [4.78, 5) is 21.9. The van der Waals surface area contributed by atoms with Crippen molar-refractivity contribution >= 4 is 45.0 Å². The Morgan fingerprint density at radius 3 is 2.50 bits per heavy atom. The quantitative estimate of drug-likeness (QED) is 0.430. The second-order valence-electron chi connectivity index (χ2n) is 6.95. The molecule has 0 saturated carbocycles. The summed E-state index contributed by atoms with van der Waals surface area (Å²) in [6.07, 6.45) is 0.322. The lowest BCUT2D eigenvalue weighted by Gasteiger charge is -2.24. The van der Waals surface area contributed by atoms with Crippen LogP contribution in [0, 0.1) is 6.92 Å². The molecule has 0 bridgehead atoms. The van der Waals surface area contributed by atoms with Crippen LogP contribution in [-0.4, -0.2) is 48.6 Å². The molecule has 0 fully saturated rings. The molecule has 3 rings (SSSR count). The maximum atomic E-state index is 13.1. The van der Waals surface area contributed by atoms with Crippen LogP contribution in [-0.2, 0) is 4.79 Å². The Labute approximate surface area is 189 Å². The molecule has 1 heterocycles. The van der Waals surface area contributed by atoms with Gasteiger partial charge in [-0.05, 0) is 49.8 Å². The molecule has 30 heavy (non-hydrogen) atoms. The number of carbonyl (C=O) groups is 1. The highest BCUT2D eigenvalue weighted by Gasteiger charge is 2.20. The van der Waals surface area contributed by atoms with Gasteiger partial charge in [0.1, 0.15) is 5.75 Å². The number of hydrogen-bond donors (Lipinski definition) is 0. The highest BCUT2D eigenvalue weighted by Crippen LogP contribution is 2.30. The molecule has 1 aromatic heterocycles. The van der Waals surface area contributed by atoms with Gasteiger partial charge in [0, 0.05) is 13.1 Å². The average Bonchev–Trinajstić information content (AvgIpc) is 3.14. The van der Waals surface area contributed by atoms with Crippen LogP contribution in [0.15, 0.2) is 48.5 Å². The van der Waals surface area contributed by atoms with E-state index < -0.39 is 0 Å². The van der Waals surface area contributed by atoms with Crippen molar-refractivity contribution in [1.29, 1.82) is 0 Å². The first-order valence-corrected chi connectivity index (χ1v) is 11.0. The summed E-state index contributed by atoms with van der Waals surface area (Å²) in [5.41, 5.74) is 2.14. The van der Waals surface area contributed by atoms with Gasteiger partial charge in [0.25, 0.3) is 0 Å². The SMILES string of the molecule is CCN(CC)CCN(C(=O)CCOc1ccccc1)c1nc2ccc(C)cc2s1.Cl. The monoisotopic (exact) mass is 447 g/mol. The molecule has 0 N–H and O–H groups in total. The van der Waals surface area contributed by atoms with Gasteiger partial charge in [-0.1, -0.05) is 49.4 Å². The molecule has 0 spiro atoms. The van der Waals surface area contributed by atoms with Crippen molar-refractivity contribution in [1.82, 2.24) is 9.88 Å². The summed E-state index contributed by atoms with van der Waals surface area (Å²) in [5.74, 6) is 0.828. The Hall–Kier alpha value is -2.15. The number of nitrogens with zero attached hydrogens (tertiary/aromatic N) is 3. The Kier molecular flexibility index (Phi) is 9.56. The number of carbonyl (C=O) groups excluding carboxylic acids is 1. The number of likely N-dealkylation sites (N-methyl/N-ethyl adjacent to an activating group) is 1. The Bertz CT molecular complexity index is 929. The molecule has 3 aromatic rings. The zero-order valence-corrected chi connectivity index (χ0v) is 19.5. The second-order valence-corrected chi connectivity index (χ2v) is 7.96. The lowest BCUT2D eigenvalue weighted by atomic mass is 10.2. The van der Waals surface area contributed by atoms with Crippen molar-refractivity contribution < 1.29 is 9.53 Å². The minimum absolute atomic E-state index is 0. The van der Waals surface area contributed by atoms with Gasteiger partial charge in [0.05, 0.1) is 23.2 Å². The van der Waals surface area contributed by atoms with E-state index in [2.05, 4.69) is 37.8 Å². The molecule has 0 radical (unpaired) electrons. The maximum absolute atomic E-state index is 13.1. The van der Waals surface area contributed by atoms with Crippen LogP contribution in [0.5, 0.6) is 5.75 Å². The summed E-state index contributed by atoms with van der Waals surface area (Å²) in [6, 6.07) is 15.8. The first kappa shape index (κ1) is 24.1. The standard InChI is InChI=1S/C23H29N3O2S.ClH/c1-4-25(5-2)14-15-26(22(27)13-16-28-19-9-7-6-8-10-19)23-24-20-12-11-18(3)17-21(20)29-23;/h6-12,17H,4-5,13-16H2,1-3H3;1H. The summed E-state index contributed by atoms with van der Waals surface area (Å²) in [7, 11) is 0. The average molecular weight is 448 g/mol. The highest BCUT2D eigenvalue weighted by molar-refractivity contribution is 7.22. The van der Waals surface area contributed by atoms with Crippen LogP contribution in [0.1, 0.15) is 25.8 Å². The van der Waals surface area contributed by atoms with Crippen LogP contribution in [0.25, 0.3) is 10.2 Å². The first-order chi connectivity index (χ1) is 14.1. The Balaban J connectivity index is 0.00000320. The van der Waals surface area contributed by atoms with E-state index in [4.69, 9.17) is 9.72 Å². The van der Waals surface area contributed by atoms with E-state index in [9.17, 15) is 4.79 Å². The molecule has 0 aliphatic heterocycles. The molecule has 2 aromatic carbocycles. The van der Waals surface area contributed by atoms with Gasteiger partial charge in [-0.15, -0.1) is 12.4 Å². The third-order valence-corrected chi connectivity index (χ3v) is 5.97. The van der Waals surface area contributed by atoms with Crippen LogP contribution < -0.4 is 9.64 Å². The third kappa shape index (κ3) is 6.42. The van der Waals surface area contributed by atoms with Crippen molar-refractivity contribution in [3.63, 3.8) is 0 Å². The number of ether oxygens (including phenoxy) is 1. The molecule has 0 aliphatic rings. The van der Waals surface area contributed by atoms with E-state index in [0.29, 0.717) is 19.6 Å². The van der Waals surface area contributed by atoms with Gasteiger partial charge < -0.3 is 9.64 Å². The normalized spacial score (nSPS) is 10.8. The summed E-state index contributed by atoms with van der Waals surface area (Å²) in [5, 5.41) is 0.766. The van der Waals surface area contributed by atoms with Gasteiger partial charge in [-0.25, -0.2) is 4.98 Å². The molecular weight excluding hydrogens is 418 g/mol. The van der Waals surface area contributed by atoms with Crippen LogP contribution in [0.3, 0.4) is 0 Å². The molecule has 5 nitrogen and oxygen atoms in total. The number of amides is 1. The smallest absolute Gasteiger partial charge is 0.232 e. The zero-order chi connectivity index (χ0) is 20.6. The predicted molar refractivity (Wildman–Crippen MR) is 128 cm³/mol. The summed E-state index contributed by atoms with van der Waals surface area (Å²) in [6.45, 7) is 10.1. The predicted octanol–water partition coefficient (Wildman–Crippen LogP) is 5.17. The molecule has 0 atom stereocenters. The number of aryl methyl sites for hydroxylation is 1. The lowest BCUT2D eigenvalue weighted by Crippen LogP contribution is -2.39. The van der Waals surface area contributed by atoms with Crippen molar-refractivity contribution in [2.45, 2.75) is 27.2 Å². The third-order valence-electron chi connectivity index (χ3n) is 4.93. The van der Waals surface area contributed by atoms with Gasteiger partial charge in [0.15, 0.2) is 5.13 Å². The van der Waals surface area contributed by atoms with E-state index >= 15 is 0 Å². The molecule has 0 aliphatic carbocycles. The topological polar surface area (TPSA) is 45.7 Å². The molecule has 7 heteroatoms. The molecule has 0 unspecified atom stereocenters. The van der Waals surface area contributed by atoms with Crippen LogP contribution in [0.2, 0.25) is 0 Å². The summed E-state index contributed by atoms with van der Waals surface area (Å²) >= 11 is 1.58. The number of benzene rings is 2. The van der Waals surface area contributed by atoms with Crippen molar-refractivity contribution in [3.05, 3.63) is 54.1 Å². The fraction of sp³-hybridized carbons (Fsp3) is 0.391. The van der Waals surface area contributed by atoms with Gasteiger partial charge in [0.2, 0.25) is 5.91 Å². The van der Waals surface area contributed by atoms with E-state index in [-0.39, 0.29) is 18.3 Å². The fourth-order valence-corrected chi connectivity index (χ4v) is 4.26. The van der Waals surface area contributed by atoms with Crippen LogP contribution in [0.4, 0.5) is 5.13 Å². The maximum Gasteiger partial charge on any atom is 0.232 e. The summed E-state index contributed by atoms with van der Waals surface area (Å²) < 4.78 is 6.84. The first-order valence-electron chi connectivity index (χ1n) is 10.2. The largest absolute Gasteiger partial charge is 0.493 e. The van der Waals surface area contributed by atoms with Gasteiger partial charge in [-0.3, -0.25) is 9.69 Å². The minimum atomic E-state index is 0. The minimum Gasteiger partial charge on any atom is -0.493 e. The number of halogens is 1. The molecule has 1 amide bonds. The van der Waals surface area contributed by atoms with Gasteiger partial charge in [-0.2, -0.15) is 0 Å². The highest BCUT2D eigenvalue weighted by atomic mass is 35.5. The van der Waals surface area contributed by atoms with E-state index in [1.54, 1.807) is 11.3 Å². The van der Waals surface area contributed by atoms with Crippen LogP contribution >= 0.6 is 23.7 Å². The van der Waals surface area contributed by atoms with Crippen molar-refractivity contribution in [2.24, 2.45) is 0 Å². The number of anilines is 1. The number of aromatic nitrogens is 1. The molecule has 162 valence electrons. The van der Waals surface area contributed by atoms with E-state index in [0.717, 1.165) is 40.7 Å². The number of thiazole rings is 1. The fourth-order valence-electron chi connectivity index (χ4n) is 3.15. The number of fused-ring (bicyclic) bond motifs is 1. The van der Waals surface area contributed by atoms with Crippen molar-refractivity contribution in [2.75, 3.05) is 37.7 Å². The number of hydrogen-bond acceptors (Lipinski definition) is 5. The number of rotatable bonds is 10.